The van der Waals surface area contributed by atoms with Gasteiger partial charge in [0.1, 0.15) is 5.01 Å². The second-order valence-corrected chi connectivity index (χ2v) is 8.90. The fourth-order valence-corrected chi connectivity index (χ4v) is 4.74. The number of carbonyl (C=O) groups is 1. The summed E-state index contributed by atoms with van der Waals surface area (Å²) < 4.78 is 1.79. The largest absolute Gasteiger partial charge is 0.332 e. The Morgan fingerprint density at radius 2 is 1.91 bits per heavy atom. The third-order valence-corrected chi connectivity index (χ3v) is 6.51. The summed E-state index contributed by atoms with van der Waals surface area (Å²) in [6.45, 7) is 4.01. The summed E-state index contributed by atoms with van der Waals surface area (Å²) in [6, 6.07) is 19.4. The molecule has 0 aliphatic rings. The van der Waals surface area contributed by atoms with E-state index >= 15 is 0 Å². The molecule has 0 spiro atoms. The topological polar surface area (TPSA) is 84.2 Å². The Bertz CT molecular complexity index is 1520. The van der Waals surface area contributed by atoms with Gasteiger partial charge in [0.25, 0.3) is 5.91 Å². The molecule has 0 aliphatic heterocycles. The minimum atomic E-state index is -0.245. The smallest absolute Gasteiger partial charge is 0.258 e. The van der Waals surface area contributed by atoms with Crippen LogP contribution in [0.4, 0.5) is 5.69 Å². The van der Waals surface area contributed by atoms with Crippen LogP contribution in [0.15, 0.2) is 60.7 Å². The molecule has 5 aromatic rings. The zero-order valence-corrected chi connectivity index (χ0v) is 19.6. The van der Waals surface area contributed by atoms with E-state index in [2.05, 4.69) is 25.9 Å². The van der Waals surface area contributed by atoms with Gasteiger partial charge < -0.3 is 5.32 Å². The first-order valence-corrected chi connectivity index (χ1v) is 11.7. The molecule has 0 saturated carbocycles. The first-order chi connectivity index (χ1) is 16.0. The molecule has 33 heavy (non-hydrogen) atoms. The number of aryl methyl sites for hydroxylation is 2. The zero-order chi connectivity index (χ0) is 22.9. The number of amides is 1. The quantitative estimate of drug-likeness (QED) is 0.358. The normalized spacial score (nSPS) is 11.1. The van der Waals surface area contributed by atoms with Crippen LogP contribution in [0.5, 0.6) is 0 Å². The van der Waals surface area contributed by atoms with Crippen LogP contribution in [-0.4, -0.2) is 30.8 Å². The lowest BCUT2D eigenvalue weighted by molar-refractivity contribution is 0.0979. The van der Waals surface area contributed by atoms with Crippen LogP contribution >= 0.6 is 23.6 Å². The molecular formula is C24H20N6OS2. The monoisotopic (exact) mass is 472 g/mol. The van der Waals surface area contributed by atoms with E-state index in [1.165, 1.54) is 11.3 Å². The van der Waals surface area contributed by atoms with Gasteiger partial charge in [0, 0.05) is 23.2 Å². The molecule has 3 aromatic carbocycles. The van der Waals surface area contributed by atoms with E-state index < -0.39 is 0 Å². The molecule has 164 valence electrons. The van der Waals surface area contributed by atoms with Crippen LogP contribution < -0.4 is 10.6 Å². The van der Waals surface area contributed by atoms with Crippen LogP contribution in [0.25, 0.3) is 26.3 Å². The Hall–Kier alpha value is -3.69. The van der Waals surface area contributed by atoms with Crippen molar-refractivity contribution in [1.29, 1.82) is 0 Å². The highest BCUT2D eigenvalue weighted by Gasteiger charge is 2.14. The molecule has 9 heteroatoms. The molecule has 0 bridgehead atoms. The van der Waals surface area contributed by atoms with Gasteiger partial charge >= 0.3 is 0 Å². The molecule has 0 fully saturated rings. The molecule has 2 aromatic heterocycles. The molecule has 0 radical (unpaired) electrons. The van der Waals surface area contributed by atoms with Crippen molar-refractivity contribution in [3.05, 3.63) is 77.6 Å². The number of anilines is 1. The number of hydrogen-bond donors (Lipinski definition) is 2. The van der Waals surface area contributed by atoms with Gasteiger partial charge in [-0.2, -0.15) is 9.61 Å². The van der Waals surface area contributed by atoms with Gasteiger partial charge in [0.15, 0.2) is 10.9 Å². The fourth-order valence-electron chi connectivity index (χ4n) is 3.68. The third kappa shape index (κ3) is 4.08. The van der Waals surface area contributed by atoms with Gasteiger partial charge in [0.2, 0.25) is 4.96 Å². The van der Waals surface area contributed by atoms with E-state index in [9.17, 15) is 4.79 Å². The van der Waals surface area contributed by atoms with Gasteiger partial charge in [-0.3, -0.25) is 10.1 Å². The van der Waals surface area contributed by atoms with Gasteiger partial charge in [0.05, 0.1) is 0 Å². The number of aromatic nitrogens is 4. The maximum Gasteiger partial charge on any atom is 0.258 e. The van der Waals surface area contributed by atoms with Gasteiger partial charge in [-0.25, -0.2) is 0 Å². The number of benzene rings is 3. The molecule has 0 saturated heterocycles. The SMILES string of the molecule is CCc1nnc2sc(-c3ccc(NC(=S)NC(=O)c4cccc5ccccc45)c(C)c3)nn12. The van der Waals surface area contributed by atoms with E-state index in [1.807, 2.05) is 68.4 Å². The molecule has 1 amide bonds. The summed E-state index contributed by atoms with van der Waals surface area (Å²) >= 11 is 6.91. The molecule has 2 heterocycles. The van der Waals surface area contributed by atoms with Crippen molar-refractivity contribution in [2.75, 3.05) is 5.32 Å². The zero-order valence-electron chi connectivity index (χ0n) is 18.0. The summed E-state index contributed by atoms with van der Waals surface area (Å²) in [5.41, 5.74) is 3.37. The van der Waals surface area contributed by atoms with Gasteiger partial charge in [-0.15, -0.1) is 10.2 Å². The molecule has 0 aliphatic carbocycles. The number of hydrogen-bond acceptors (Lipinski definition) is 6. The molecular weight excluding hydrogens is 452 g/mol. The number of carbonyl (C=O) groups excluding carboxylic acids is 1. The van der Waals surface area contributed by atoms with Crippen molar-refractivity contribution in [2.45, 2.75) is 20.3 Å². The molecule has 0 atom stereocenters. The summed E-state index contributed by atoms with van der Waals surface area (Å²) in [4.78, 5) is 13.6. The summed E-state index contributed by atoms with van der Waals surface area (Å²) in [6.07, 6.45) is 0.772. The first-order valence-electron chi connectivity index (χ1n) is 10.5. The molecule has 5 rings (SSSR count). The average molecular weight is 473 g/mol. The van der Waals surface area contributed by atoms with Crippen LogP contribution in [0.1, 0.15) is 28.7 Å². The van der Waals surface area contributed by atoms with Crippen LogP contribution in [0, 0.1) is 6.92 Å². The summed E-state index contributed by atoms with van der Waals surface area (Å²) in [5, 5.41) is 21.9. The van der Waals surface area contributed by atoms with Crippen molar-refractivity contribution in [1.82, 2.24) is 25.1 Å². The molecule has 7 nitrogen and oxygen atoms in total. The minimum absolute atomic E-state index is 0.245. The number of nitrogens with zero attached hydrogens (tertiary/aromatic N) is 4. The lowest BCUT2D eigenvalue weighted by Crippen LogP contribution is -2.34. The van der Waals surface area contributed by atoms with Crippen LogP contribution in [0.3, 0.4) is 0 Å². The highest BCUT2D eigenvalue weighted by Crippen LogP contribution is 2.29. The van der Waals surface area contributed by atoms with E-state index in [-0.39, 0.29) is 11.0 Å². The Balaban J connectivity index is 1.32. The second kappa shape index (κ2) is 8.68. The van der Waals surface area contributed by atoms with E-state index in [0.717, 1.165) is 49.8 Å². The lowest BCUT2D eigenvalue weighted by atomic mass is 10.0. The maximum absolute atomic E-state index is 12.8. The highest BCUT2D eigenvalue weighted by atomic mass is 32.1. The van der Waals surface area contributed by atoms with Crippen molar-refractivity contribution < 1.29 is 4.79 Å². The lowest BCUT2D eigenvalue weighted by Gasteiger charge is -2.13. The Morgan fingerprint density at radius 1 is 1.09 bits per heavy atom. The van der Waals surface area contributed by atoms with Crippen molar-refractivity contribution >= 4 is 56.0 Å². The number of rotatable bonds is 4. The van der Waals surface area contributed by atoms with Gasteiger partial charge in [-0.05, 0) is 59.7 Å². The molecule has 0 unspecified atom stereocenters. The predicted octanol–water partition coefficient (Wildman–Crippen LogP) is 5.00. The van der Waals surface area contributed by atoms with Crippen LogP contribution in [-0.2, 0) is 6.42 Å². The Kier molecular flexibility index (Phi) is 5.57. The summed E-state index contributed by atoms with van der Waals surface area (Å²) in [5.74, 6) is 0.597. The van der Waals surface area contributed by atoms with Crippen LogP contribution in [0.2, 0.25) is 0 Å². The number of nitrogens with one attached hydrogen (secondary N) is 2. The van der Waals surface area contributed by atoms with E-state index in [1.54, 1.807) is 10.6 Å². The highest BCUT2D eigenvalue weighted by molar-refractivity contribution is 7.80. The van der Waals surface area contributed by atoms with Crippen molar-refractivity contribution in [3.63, 3.8) is 0 Å². The number of fused-ring (bicyclic) bond motifs is 2. The molecule has 2 N–H and O–H groups in total. The van der Waals surface area contributed by atoms with E-state index in [4.69, 9.17) is 12.2 Å². The summed E-state index contributed by atoms with van der Waals surface area (Å²) in [7, 11) is 0. The first kappa shape index (κ1) is 21.2. The predicted molar refractivity (Wildman–Crippen MR) is 136 cm³/mol. The third-order valence-electron chi connectivity index (χ3n) is 5.35. The van der Waals surface area contributed by atoms with Crippen molar-refractivity contribution in [3.8, 4) is 10.6 Å². The number of thiocarbonyl (C=S) groups is 1. The second-order valence-electron chi connectivity index (χ2n) is 7.54. The van der Waals surface area contributed by atoms with E-state index in [0.29, 0.717) is 5.56 Å². The minimum Gasteiger partial charge on any atom is -0.332 e. The Labute approximate surface area is 199 Å². The fraction of sp³-hybridized carbons (Fsp3) is 0.125. The maximum atomic E-state index is 12.8. The standard InChI is InChI=1S/C24H20N6OS2/c1-3-20-27-28-24-30(20)29-22(33-24)16-11-12-19(14(2)13-16)25-23(32)26-21(31)18-10-6-8-15-7-4-5-9-17(15)18/h4-13H,3H2,1-2H3,(H2,25,26,31,32). The average Bonchev–Trinajstić information content (AvgIpc) is 3.41. The Morgan fingerprint density at radius 3 is 2.73 bits per heavy atom. The van der Waals surface area contributed by atoms with Gasteiger partial charge in [-0.1, -0.05) is 54.7 Å². The van der Waals surface area contributed by atoms with Crippen molar-refractivity contribution in [2.24, 2.45) is 0 Å².